The van der Waals surface area contributed by atoms with Crippen molar-refractivity contribution in [3.05, 3.63) is 72.2 Å². The SMILES string of the molecule is COC(=O)c1ccc(Nc2ccnc(Nc3ccc(F)cc3)n2)cc1. The van der Waals surface area contributed by atoms with Crippen molar-refractivity contribution in [3.8, 4) is 0 Å². The van der Waals surface area contributed by atoms with Gasteiger partial charge in [-0.1, -0.05) is 0 Å². The van der Waals surface area contributed by atoms with Gasteiger partial charge in [-0.05, 0) is 54.6 Å². The maximum absolute atomic E-state index is 12.9. The highest BCUT2D eigenvalue weighted by Crippen LogP contribution is 2.18. The van der Waals surface area contributed by atoms with Crippen molar-refractivity contribution >= 4 is 29.1 Å². The molecule has 3 aromatic rings. The second-order valence-electron chi connectivity index (χ2n) is 5.09. The minimum atomic E-state index is -0.389. The fourth-order valence-electron chi connectivity index (χ4n) is 2.11. The number of hydrogen-bond acceptors (Lipinski definition) is 6. The maximum Gasteiger partial charge on any atom is 0.337 e. The van der Waals surface area contributed by atoms with Crippen molar-refractivity contribution in [2.45, 2.75) is 0 Å². The predicted molar refractivity (Wildman–Crippen MR) is 92.8 cm³/mol. The van der Waals surface area contributed by atoms with Gasteiger partial charge in [0.25, 0.3) is 0 Å². The van der Waals surface area contributed by atoms with E-state index in [0.29, 0.717) is 23.0 Å². The van der Waals surface area contributed by atoms with E-state index in [2.05, 4.69) is 25.3 Å². The van der Waals surface area contributed by atoms with E-state index in [1.165, 1.54) is 19.2 Å². The summed E-state index contributed by atoms with van der Waals surface area (Å²) in [5.74, 6) is 0.255. The highest BCUT2D eigenvalue weighted by atomic mass is 19.1. The minimum absolute atomic E-state index is 0.308. The number of rotatable bonds is 5. The number of ether oxygens (including phenoxy) is 1. The van der Waals surface area contributed by atoms with Crippen LogP contribution in [-0.2, 0) is 4.74 Å². The molecule has 2 aromatic carbocycles. The van der Waals surface area contributed by atoms with Crippen LogP contribution in [0, 0.1) is 5.82 Å². The van der Waals surface area contributed by atoms with Crippen LogP contribution in [0.2, 0.25) is 0 Å². The number of esters is 1. The molecule has 1 heterocycles. The molecule has 0 aliphatic carbocycles. The first kappa shape index (κ1) is 16.4. The monoisotopic (exact) mass is 338 g/mol. The van der Waals surface area contributed by atoms with Gasteiger partial charge in [-0.2, -0.15) is 4.98 Å². The summed E-state index contributed by atoms with van der Waals surface area (Å²) in [5, 5.41) is 6.12. The number of carbonyl (C=O) groups is 1. The Hall–Kier alpha value is -3.48. The molecule has 0 saturated carbocycles. The van der Waals surface area contributed by atoms with Crippen molar-refractivity contribution in [2.75, 3.05) is 17.7 Å². The molecule has 126 valence electrons. The Morgan fingerprint density at radius 3 is 2.28 bits per heavy atom. The van der Waals surface area contributed by atoms with Gasteiger partial charge in [-0.25, -0.2) is 14.2 Å². The molecule has 0 bridgehead atoms. The van der Waals surface area contributed by atoms with Gasteiger partial charge in [0, 0.05) is 17.6 Å². The summed E-state index contributed by atoms with van der Waals surface area (Å²) in [7, 11) is 1.34. The average molecular weight is 338 g/mol. The summed E-state index contributed by atoms with van der Waals surface area (Å²) in [6.45, 7) is 0. The van der Waals surface area contributed by atoms with Gasteiger partial charge in [-0.15, -0.1) is 0 Å². The normalized spacial score (nSPS) is 10.2. The van der Waals surface area contributed by atoms with Gasteiger partial charge in [0.2, 0.25) is 5.95 Å². The van der Waals surface area contributed by atoms with Gasteiger partial charge < -0.3 is 15.4 Å². The predicted octanol–water partition coefficient (Wildman–Crippen LogP) is 3.89. The summed E-state index contributed by atoms with van der Waals surface area (Å²) < 4.78 is 17.6. The van der Waals surface area contributed by atoms with Crippen LogP contribution in [0.4, 0.5) is 27.5 Å². The first-order valence-corrected chi connectivity index (χ1v) is 7.45. The van der Waals surface area contributed by atoms with Gasteiger partial charge in [0.15, 0.2) is 0 Å². The molecule has 6 nitrogen and oxygen atoms in total. The largest absolute Gasteiger partial charge is 0.465 e. The molecule has 0 unspecified atom stereocenters. The fraction of sp³-hybridized carbons (Fsp3) is 0.0556. The average Bonchev–Trinajstić information content (AvgIpc) is 2.64. The van der Waals surface area contributed by atoms with Crippen molar-refractivity contribution in [3.63, 3.8) is 0 Å². The standard InChI is InChI=1S/C18H15FN4O2/c1-25-17(24)12-2-6-14(7-3-12)21-16-10-11-20-18(23-16)22-15-8-4-13(19)5-9-15/h2-11H,1H3,(H2,20,21,22,23). The zero-order valence-electron chi connectivity index (χ0n) is 13.4. The Kier molecular flexibility index (Phi) is 4.84. The molecular formula is C18H15FN4O2. The molecule has 0 aliphatic heterocycles. The van der Waals surface area contributed by atoms with Crippen LogP contribution in [0.25, 0.3) is 0 Å². The minimum Gasteiger partial charge on any atom is -0.465 e. The van der Waals surface area contributed by atoms with E-state index in [1.54, 1.807) is 48.7 Å². The number of aromatic nitrogens is 2. The van der Waals surface area contributed by atoms with Crippen LogP contribution in [0.1, 0.15) is 10.4 Å². The lowest BCUT2D eigenvalue weighted by Crippen LogP contribution is -2.02. The molecule has 1 aromatic heterocycles. The highest BCUT2D eigenvalue weighted by molar-refractivity contribution is 5.89. The van der Waals surface area contributed by atoms with Crippen molar-refractivity contribution < 1.29 is 13.9 Å². The molecule has 7 heteroatoms. The van der Waals surface area contributed by atoms with E-state index in [9.17, 15) is 9.18 Å². The Labute approximate surface area is 143 Å². The lowest BCUT2D eigenvalue weighted by Gasteiger charge is -2.09. The summed E-state index contributed by atoms with van der Waals surface area (Å²) in [4.78, 5) is 19.9. The summed E-state index contributed by atoms with van der Waals surface area (Å²) in [6, 6.07) is 14.4. The summed E-state index contributed by atoms with van der Waals surface area (Å²) in [5.41, 5.74) is 1.91. The first-order valence-electron chi connectivity index (χ1n) is 7.45. The lowest BCUT2D eigenvalue weighted by molar-refractivity contribution is 0.0601. The van der Waals surface area contributed by atoms with Crippen LogP contribution in [0.5, 0.6) is 0 Å². The molecule has 25 heavy (non-hydrogen) atoms. The van der Waals surface area contributed by atoms with Gasteiger partial charge >= 0.3 is 5.97 Å². The van der Waals surface area contributed by atoms with Gasteiger partial charge in [-0.3, -0.25) is 0 Å². The number of hydrogen-bond donors (Lipinski definition) is 2. The van der Waals surface area contributed by atoms with Crippen molar-refractivity contribution in [2.24, 2.45) is 0 Å². The molecule has 3 rings (SSSR count). The zero-order valence-corrected chi connectivity index (χ0v) is 13.4. The fourth-order valence-corrected chi connectivity index (χ4v) is 2.11. The third-order valence-electron chi connectivity index (χ3n) is 3.33. The van der Waals surface area contributed by atoms with Gasteiger partial charge in [0.1, 0.15) is 11.6 Å². The van der Waals surface area contributed by atoms with E-state index in [0.717, 1.165) is 5.69 Å². The molecule has 0 fully saturated rings. The topological polar surface area (TPSA) is 76.1 Å². The molecule has 0 spiro atoms. The summed E-state index contributed by atoms with van der Waals surface area (Å²) >= 11 is 0. The number of nitrogens with zero attached hydrogens (tertiary/aromatic N) is 2. The Balaban J connectivity index is 1.71. The van der Waals surface area contributed by atoms with Crippen LogP contribution in [0.3, 0.4) is 0 Å². The maximum atomic E-state index is 12.9. The number of nitrogens with one attached hydrogen (secondary N) is 2. The number of benzene rings is 2. The molecule has 0 aliphatic rings. The number of methoxy groups -OCH3 is 1. The summed E-state index contributed by atoms with van der Waals surface area (Å²) in [6.07, 6.45) is 1.60. The second kappa shape index (κ2) is 7.39. The number of halogens is 1. The molecule has 2 N–H and O–H groups in total. The Morgan fingerprint density at radius 1 is 0.960 bits per heavy atom. The van der Waals surface area contributed by atoms with Crippen LogP contribution in [0.15, 0.2) is 60.8 Å². The number of carbonyl (C=O) groups excluding carboxylic acids is 1. The molecule has 0 saturated heterocycles. The van der Waals surface area contributed by atoms with Crippen LogP contribution >= 0.6 is 0 Å². The molecule has 0 atom stereocenters. The van der Waals surface area contributed by atoms with Crippen LogP contribution in [-0.4, -0.2) is 23.0 Å². The Bertz CT molecular complexity index is 867. The smallest absolute Gasteiger partial charge is 0.337 e. The van der Waals surface area contributed by atoms with E-state index < -0.39 is 0 Å². The van der Waals surface area contributed by atoms with E-state index in [1.807, 2.05) is 0 Å². The molecular weight excluding hydrogens is 323 g/mol. The van der Waals surface area contributed by atoms with Crippen LogP contribution < -0.4 is 10.6 Å². The Morgan fingerprint density at radius 2 is 1.60 bits per heavy atom. The molecule has 0 radical (unpaired) electrons. The second-order valence-corrected chi connectivity index (χ2v) is 5.09. The quantitative estimate of drug-likeness (QED) is 0.687. The van der Waals surface area contributed by atoms with E-state index in [4.69, 9.17) is 0 Å². The first-order chi connectivity index (χ1) is 12.1. The van der Waals surface area contributed by atoms with E-state index in [-0.39, 0.29) is 11.8 Å². The highest BCUT2D eigenvalue weighted by Gasteiger charge is 2.05. The molecule has 0 amide bonds. The number of anilines is 4. The van der Waals surface area contributed by atoms with Gasteiger partial charge in [0.05, 0.1) is 12.7 Å². The van der Waals surface area contributed by atoms with E-state index >= 15 is 0 Å². The lowest BCUT2D eigenvalue weighted by atomic mass is 10.2. The van der Waals surface area contributed by atoms with Crippen molar-refractivity contribution in [1.29, 1.82) is 0 Å². The third kappa shape index (κ3) is 4.29. The zero-order chi connectivity index (χ0) is 17.6. The van der Waals surface area contributed by atoms with Crippen molar-refractivity contribution in [1.82, 2.24) is 9.97 Å². The third-order valence-corrected chi connectivity index (χ3v) is 3.33.